The molecule has 7 nitrogen and oxygen atoms in total. The van der Waals surface area contributed by atoms with Crippen LogP contribution in [-0.2, 0) is 11.3 Å². The highest BCUT2D eigenvalue weighted by Gasteiger charge is 2.09. The number of nitrogens with zero attached hydrogens (tertiary/aromatic N) is 4. The van der Waals surface area contributed by atoms with Crippen molar-refractivity contribution >= 4 is 11.6 Å². The Hall–Kier alpha value is -3.22. The number of benzene rings is 2. The van der Waals surface area contributed by atoms with E-state index in [0.29, 0.717) is 11.5 Å². The molecule has 7 heteroatoms. The predicted molar refractivity (Wildman–Crippen MR) is 84.9 cm³/mol. The highest BCUT2D eigenvalue weighted by molar-refractivity contribution is 5.90. The van der Waals surface area contributed by atoms with Crippen molar-refractivity contribution < 1.29 is 9.53 Å². The van der Waals surface area contributed by atoms with Gasteiger partial charge in [-0.2, -0.15) is 4.80 Å². The zero-order chi connectivity index (χ0) is 16.1. The van der Waals surface area contributed by atoms with Gasteiger partial charge in [-0.3, -0.25) is 4.79 Å². The Balaban J connectivity index is 1.63. The second kappa shape index (κ2) is 6.69. The molecular formula is C16H15N5O2. The smallest absolute Gasteiger partial charge is 0.248 e. The maximum atomic E-state index is 12.0. The van der Waals surface area contributed by atoms with Crippen LogP contribution in [0.15, 0.2) is 54.6 Å². The first-order valence-electron chi connectivity index (χ1n) is 7.02. The minimum Gasteiger partial charge on any atom is -0.497 e. The lowest BCUT2D eigenvalue weighted by Crippen LogP contribution is -2.20. The lowest BCUT2D eigenvalue weighted by molar-refractivity contribution is -0.117. The van der Waals surface area contributed by atoms with E-state index in [0.717, 1.165) is 11.3 Å². The fraction of sp³-hybridized carbons (Fsp3) is 0.125. The molecule has 0 saturated heterocycles. The van der Waals surface area contributed by atoms with Crippen molar-refractivity contribution in [3.63, 3.8) is 0 Å². The second-order valence-electron chi connectivity index (χ2n) is 4.79. The molecule has 0 fully saturated rings. The molecule has 1 heterocycles. The Morgan fingerprint density at radius 3 is 2.57 bits per heavy atom. The number of amides is 1. The van der Waals surface area contributed by atoms with Crippen LogP contribution in [0.3, 0.4) is 0 Å². The fourth-order valence-corrected chi connectivity index (χ4v) is 2.02. The molecule has 0 aliphatic heterocycles. The summed E-state index contributed by atoms with van der Waals surface area (Å²) in [5.74, 6) is 0.989. The Morgan fingerprint density at radius 2 is 1.87 bits per heavy atom. The van der Waals surface area contributed by atoms with Gasteiger partial charge in [0.25, 0.3) is 0 Å². The van der Waals surface area contributed by atoms with Crippen molar-refractivity contribution in [1.29, 1.82) is 0 Å². The lowest BCUT2D eigenvalue weighted by atomic mass is 10.2. The minimum absolute atomic E-state index is 0.00807. The number of rotatable bonds is 5. The molecule has 3 rings (SSSR count). The number of aromatic nitrogens is 4. The van der Waals surface area contributed by atoms with Crippen LogP contribution in [0.25, 0.3) is 11.4 Å². The molecule has 0 atom stereocenters. The largest absolute Gasteiger partial charge is 0.497 e. The Kier molecular flexibility index (Phi) is 4.28. The number of nitrogens with one attached hydrogen (secondary N) is 1. The first-order chi connectivity index (χ1) is 11.2. The van der Waals surface area contributed by atoms with Gasteiger partial charge < -0.3 is 10.1 Å². The van der Waals surface area contributed by atoms with Gasteiger partial charge in [0.1, 0.15) is 12.3 Å². The molecule has 0 aliphatic carbocycles. The van der Waals surface area contributed by atoms with Gasteiger partial charge in [0, 0.05) is 11.3 Å². The highest BCUT2D eigenvalue weighted by Crippen LogP contribution is 2.15. The molecule has 0 aliphatic rings. The SMILES string of the molecule is COc1ccc(NC(=O)Cn2nnc(-c3ccccc3)n2)cc1. The third kappa shape index (κ3) is 3.70. The van der Waals surface area contributed by atoms with E-state index in [1.54, 1.807) is 31.4 Å². The van der Waals surface area contributed by atoms with Gasteiger partial charge in [-0.1, -0.05) is 30.3 Å². The van der Waals surface area contributed by atoms with Crippen LogP contribution in [0, 0.1) is 0 Å². The summed E-state index contributed by atoms with van der Waals surface area (Å²) in [4.78, 5) is 13.3. The van der Waals surface area contributed by atoms with E-state index in [2.05, 4.69) is 20.7 Å². The van der Waals surface area contributed by atoms with Gasteiger partial charge in [0.15, 0.2) is 0 Å². The van der Waals surface area contributed by atoms with E-state index in [1.807, 2.05) is 30.3 Å². The minimum atomic E-state index is -0.229. The van der Waals surface area contributed by atoms with E-state index in [4.69, 9.17) is 4.74 Å². The molecule has 116 valence electrons. The summed E-state index contributed by atoms with van der Waals surface area (Å²) >= 11 is 0. The molecule has 1 amide bonds. The molecule has 0 bridgehead atoms. The standard InChI is InChI=1S/C16H15N5O2/c1-23-14-9-7-13(8-10-14)17-15(22)11-21-19-16(18-20-21)12-5-3-2-4-6-12/h2-10H,11H2,1H3,(H,17,22). The number of carbonyl (C=O) groups is 1. The van der Waals surface area contributed by atoms with E-state index in [1.165, 1.54) is 4.80 Å². The van der Waals surface area contributed by atoms with Crippen molar-refractivity contribution in [2.24, 2.45) is 0 Å². The molecule has 2 aromatic carbocycles. The topological polar surface area (TPSA) is 81.9 Å². The highest BCUT2D eigenvalue weighted by atomic mass is 16.5. The van der Waals surface area contributed by atoms with Crippen LogP contribution in [0.1, 0.15) is 0 Å². The van der Waals surface area contributed by atoms with Gasteiger partial charge in [-0.25, -0.2) is 0 Å². The monoisotopic (exact) mass is 309 g/mol. The normalized spacial score (nSPS) is 10.3. The molecule has 0 spiro atoms. The molecule has 0 radical (unpaired) electrons. The van der Waals surface area contributed by atoms with Gasteiger partial charge in [-0.05, 0) is 29.5 Å². The molecule has 3 aromatic rings. The Morgan fingerprint density at radius 1 is 1.13 bits per heavy atom. The van der Waals surface area contributed by atoms with Crippen LogP contribution in [0.4, 0.5) is 5.69 Å². The molecular weight excluding hydrogens is 294 g/mol. The maximum absolute atomic E-state index is 12.0. The van der Waals surface area contributed by atoms with Crippen molar-refractivity contribution in [3.05, 3.63) is 54.6 Å². The molecule has 0 saturated carbocycles. The molecule has 23 heavy (non-hydrogen) atoms. The number of anilines is 1. The summed E-state index contributed by atoms with van der Waals surface area (Å²) in [6, 6.07) is 16.6. The quantitative estimate of drug-likeness (QED) is 0.779. The van der Waals surface area contributed by atoms with Gasteiger partial charge in [0.05, 0.1) is 7.11 Å². The first kappa shape index (κ1) is 14.7. The third-order valence-electron chi connectivity index (χ3n) is 3.14. The van der Waals surface area contributed by atoms with Gasteiger partial charge >= 0.3 is 0 Å². The van der Waals surface area contributed by atoms with Crippen LogP contribution in [-0.4, -0.2) is 33.2 Å². The Labute approximate surface area is 132 Å². The number of tetrazole rings is 1. The number of hydrogen-bond donors (Lipinski definition) is 1. The van der Waals surface area contributed by atoms with Crippen molar-refractivity contribution in [2.75, 3.05) is 12.4 Å². The molecule has 1 N–H and O–H groups in total. The van der Waals surface area contributed by atoms with Gasteiger partial charge in [-0.15, -0.1) is 10.2 Å². The molecule has 1 aromatic heterocycles. The summed E-state index contributed by atoms with van der Waals surface area (Å²) < 4.78 is 5.07. The fourth-order valence-electron chi connectivity index (χ4n) is 2.02. The van der Waals surface area contributed by atoms with Crippen molar-refractivity contribution in [3.8, 4) is 17.1 Å². The van der Waals surface area contributed by atoms with Crippen LogP contribution in [0.5, 0.6) is 5.75 Å². The number of methoxy groups -OCH3 is 1. The van der Waals surface area contributed by atoms with Crippen LogP contribution >= 0.6 is 0 Å². The Bertz CT molecular complexity index is 784. The van der Waals surface area contributed by atoms with Crippen LogP contribution in [0.2, 0.25) is 0 Å². The average molecular weight is 309 g/mol. The van der Waals surface area contributed by atoms with Gasteiger partial charge in [0.2, 0.25) is 11.7 Å². The number of hydrogen-bond acceptors (Lipinski definition) is 5. The average Bonchev–Trinajstić information content (AvgIpc) is 3.04. The maximum Gasteiger partial charge on any atom is 0.248 e. The van der Waals surface area contributed by atoms with Crippen LogP contribution < -0.4 is 10.1 Å². The number of carbonyl (C=O) groups excluding carboxylic acids is 1. The third-order valence-corrected chi connectivity index (χ3v) is 3.14. The predicted octanol–water partition coefficient (Wildman–Crippen LogP) is 1.99. The zero-order valence-corrected chi connectivity index (χ0v) is 12.5. The summed E-state index contributed by atoms with van der Waals surface area (Å²) in [5.41, 5.74) is 1.54. The van der Waals surface area contributed by atoms with Crippen molar-refractivity contribution in [2.45, 2.75) is 6.54 Å². The summed E-state index contributed by atoms with van der Waals surface area (Å²) in [5, 5.41) is 14.8. The summed E-state index contributed by atoms with van der Waals surface area (Å²) in [6.07, 6.45) is 0. The van der Waals surface area contributed by atoms with E-state index in [-0.39, 0.29) is 12.5 Å². The second-order valence-corrected chi connectivity index (χ2v) is 4.79. The lowest BCUT2D eigenvalue weighted by Gasteiger charge is -2.05. The first-order valence-corrected chi connectivity index (χ1v) is 7.02. The van der Waals surface area contributed by atoms with E-state index >= 15 is 0 Å². The van der Waals surface area contributed by atoms with E-state index in [9.17, 15) is 4.79 Å². The van der Waals surface area contributed by atoms with Crippen molar-refractivity contribution in [1.82, 2.24) is 20.2 Å². The van der Waals surface area contributed by atoms with E-state index < -0.39 is 0 Å². The summed E-state index contributed by atoms with van der Waals surface area (Å²) in [7, 11) is 1.59. The zero-order valence-electron chi connectivity index (χ0n) is 12.5. The molecule has 0 unspecified atom stereocenters. The summed E-state index contributed by atoms with van der Waals surface area (Å²) in [6.45, 7) is -0.00807. The number of ether oxygens (including phenoxy) is 1.